The van der Waals surface area contributed by atoms with Gasteiger partial charge < -0.3 is 4.74 Å². The standard InChI is InChI=1S/C15H11Br3O/c16-10-7-9-5-6-19-15(9)12(8-10)14(18)11-3-1-2-4-13(11)17/h1-4,7-8,14H,5-6H2. The summed E-state index contributed by atoms with van der Waals surface area (Å²) in [6, 6.07) is 12.5. The Bertz CT molecular complexity index is 625. The molecule has 19 heavy (non-hydrogen) atoms. The predicted octanol–water partition coefficient (Wildman–Crippen LogP) is 5.63. The van der Waals surface area contributed by atoms with Crippen molar-refractivity contribution < 1.29 is 4.74 Å². The first-order valence-corrected chi connectivity index (χ1v) is 8.50. The first-order valence-electron chi connectivity index (χ1n) is 6.00. The first kappa shape index (κ1) is 13.7. The van der Waals surface area contributed by atoms with E-state index in [9.17, 15) is 0 Å². The van der Waals surface area contributed by atoms with Crippen LogP contribution in [0, 0.1) is 0 Å². The van der Waals surface area contributed by atoms with Crippen LogP contribution in [0.5, 0.6) is 5.75 Å². The molecule has 0 N–H and O–H groups in total. The number of hydrogen-bond acceptors (Lipinski definition) is 1. The molecule has 98 valence electrons. The van der Waals surface area contributed by atoms with Gasteiger partial charge in [0.05, 0.1) is 11.4 Å². The molecule has 2 aromatic carbocycles. The van der Waals surface area contributed by atoms with E-state index in [1.807, 2.05) is 12.1 Å². The second kappa shape index (κ2) is 5.58. The zero-order valence-corrected chi connectivity index (χ0v) is 14.8. The number of rotatable bonds is 2. The van der Waals surface area contributed by atoms with Gasteiger partial charge in [-0.1, -0.05) is 66.0 Å². The Morgan fingerprint density at radius 1 is 1.05 bits per heavy atom. The Hall–Kier alpha value is -0.320. The van der Waals surface area contributed by atoms with Gasteiger partial charge in [0.25, 0.3) is 0 Å². The Kier molecular flexibility index (Phi) is 4.01. The summed E-state index contributed by atoms with van der Waals surface area (Å²) in [5.41, 5.74) is 3.66. The van der Waals surface area contributed by atoms with Crippen molar-refractivity contribution in [3.63, 3.8) is 0 Å². The molecule has 2 aromatic rings. The molecule has 0 saturated heterocycles. The van der Waals surface area contributed by atoms with Crippen LogP contribution < -0.4 is 4.74 Å². The second-order valence-electron chi connectivity index (χ2n) is 4.47. The van der Waals surface area contributed by atoms with Crippen LogP contribution in [0.15, 0.2) is 45.3 Å². The lowest BCUT2D eigenvalue weighted by atomic mass is 10.0. The molecule has 0 radical (unpaired) electrons. The second-order valence-corrected chi connectivity index (χ2v) is 7.15. The summed E-state index contributed by atoms with van der Waals surface area (Å²) in [6.45, 7) is 0.772. The van der Waals surface area contributed by atoms with Crippen LogP contribution in [-0.4, -0.2) is 6.61 Å². The molecule has 3 rings (SSSR count). The Labute approximate surface area is 137 Å². The molecule has 0 fully saturated rings. The quantitative estimate of drug-likeness (QED) is 0.543. The molecule has 1 aliphatic heterocycles. The highest BCUT2D eigenvalue weighted by molar-refractivity contribution is 9.11. The zero-order chi connectivity index (χ0) is 13.4. The number of halogens is 3. The van der Waals surface area contributed by atoms with Crippen LogP contribution in [0.25, 0.3) is 0 Å². The minimum absolute atomic E-state index is 0.118. The van der Waals surface area contributed by atoms with Gasteiger partial charge in [0.2, 0.25) is 0 Å². The molecule has 1 nitrogen and oxygen atoms in total. The third-order valence-electron chi connectivity index (χ3n) is 3.23. The summed E-state index contributed by atoms with van der Waals surface area (Å²) in [5.74, 6) is 1.03. The summed E-state index contributed by atoms with van der Waals surface area (Å²) in [5, 5.41) is 0. The third-order valence-corrected chi connectivity index (χ3v) is 5.39. The van der Waals surface area contributed by atoms with Gasteiger partial charge in [-0.05, 0) is 29.3 Å². The number of hydrogen-bond donors (Lipinski definition) is 0. The number of alkyl halides is 1. The molecule has 1 unspecified atom stereocenters. The van der Waals surface area contributed by atoms with Gasteiger partial charge in [0, 0.05) is 20.9 Å². The third kappa shape index (κ3) is 2.63. The van der Waals surface area contributed by atoms with Crippen molar-refractivity contribution in [2.75, 3.05) is 6.61 Å². The van der Waals surface area contributed by atoms with E-state index in [1.165, 1.54) is 16.7 Å². The van der Waals surface area contributed by atoms with Crippen LogP contribution in [0.4, 0.5) is 0 Å². The van der Waals surface area contributed by atoms with Gasteiger partial charge in [-0.25, -0.2) is 0 Å². The van der Waals surface area contributed by atoms with Crippen molar-refractivity contribution in [2.24, 2.45) is 0 Å². The van der Waals surface area contributed by atoms with Gasteiger partial charge in [0.1, 0.15) is 5.75 Å². The number of benzene rings is 2. The van der Waals surface area contributed by atoms with Gasteiger partial charge in [-0.3, -0.25) is 0 Å². The average molecular weight is 447 g/mol. The highest BCUT2D eigenvalue weighted by Crippen LogP contribution is 2.44. The summed E-state index contributed by atoms with van der Waals surface area (Å²) < 4.78 is 8.00. The maximum Gasteiger partial charge on any atom is 0.127 e. The molecule has 4 heteroatoms. The number of fused-ring (bicyclic) bond motifs is 1. The summed E-state index contributed by atoms with van der Waals surface area (Å²) in [6.07, 6.45) is 0.984. The molecule has 0 saturated carbocycles. The molecule has 0 bridgehead atoms. The van der Waals surface area contributed by atoms with Crippen LogP contribution in [0.1, 0.15) is 21.5 Å². The van der Waals surface area contributed by atoms with Crippen molar-refractivity contribution in [1.29, 1.82) is 0 Å². The van der Waals surface area contributed by atoms with E-state index < -0.39 is 0 Å². The molecule has 0 aliphatic carbocycles. The highest BCUT2D eigenvalue weighted by Gasteiger charge is 2.23. The monoisotopic (exact) mass is 444 g/mol. The van der Waals surface area contributed by atoms with E-state index in [1.54, 1.807) is 0 Å². The molecular formula is C15H11Br3O. The lowest BCUT2D eigenvalue weighted by Gasteiger charge is -2.16. The van der Waals surface area contributed by atoms with Crippen LogP contribution >= 0.6 is 47.8 Å². The summed E-state index contributed by atoms with van der Waals surface area (Å²) >= 11 is 11.0. The number of ether oxygens (including phenoxy) is 1. The largest absolute Gasteiger partial charge is 0.493 e. The van der Waals surface area contributed by atoms with Crippen LogP contribution in [-0.2, 0) is 6.42 Å². The molecule has 0 aromatic heterocycles. The maximum atomic E-state index is 5.80. The van der Waals surface area contributed by atoms with E-state index >= 15 is 0 Å². The Balaban J connectivity index is 2.10. The fraction of sp³-hybridized carbons (Fsp3) is 0.200. The van der Waals surface area contributed by atoms with Crippen LogP contribution in [0.3, 0.4) is 0 Å². The van der Waals surface area contributed by atoms with E-state index in [-0.39, 0.29) is 4.83 Å². The summed E-state index contributed by atoms with van der Waals surface area (Å²) in [7, 11) is 0. The predicted molar refractivity (Wildman–Crippen MR) is 88.3 cm³/mol. The molecular weight excluding hydrogens is 436 g/mol. The Morgan fingerprint density at radius 2 is 1.84 bits per heavy atom. The minimum Gasteiger partial charge on any atom is -0.493 e. The lowest BCUT2D eigenvalue weighted by Crippen LogP contribution is -1.98. The highest BCUT2D eigenvalue weighted by atomic mass is 79.9. The minimum atomic E-state index is 0.118. The molecule has 1 atom stereocenters. The summed E-state index contributed by atoms with van der Waals surface area (Å²) in [4.78, 5) is 0.118. The molecule has 0 amide bonds. The van der Waals surface area contributed by atoms with Crippen LogP contribution in [0.2, 0.25) is 0 Å². The van der Waals surface area contributed by atoms with E-state index in [0.717, 1.165) is 27.7 Å². The smallest absolute Gasteiger partial charge is 0.127 e. The average Bonchev–Trinajstić information content (AvgIpc) is 2.85. The zero-order valence-electron chi connectivity index (χ0n) is 10.00. The lowest BCUT2D eigenvalue weighted by molar-refractivity contribution is 0.354. The normalized spacial score (nSPS) is 14.9. The van der Waals surface area contributed by atoms with E-state index in [0.29, 0.717) is 0 Å². The Morgan fingerprint density at radius 3 is 2.63 bits per heavy atom. The fourth-order valence-corrected chi connectivity index (χ4v) is 4.42. The molecule has 0 spiro atoms. The van der Waals surface area contributed by atoms with Crippen molar-refractivity contribution in [2.45, 2.75) is 11.2 Å². The first-order chi connectivity index (χ1) is 9.16. The van der Waals surface area contributed by atoms with Crippen molar-refractivity contribution in [1.82, 2.24) is 0 Å². The maximum absolute atomic E-state index is 5.80. The van der Waals surface area contributed by atoms with Gasteiger partial charge in [0.15, 0.2) is 0 Å². The SMILES string of the molecule is Brc1cc2c(c(C(Br)c3ccccc3Br)c1)OCC2. The van der Waals surface area contributed by atoms with E-state index in [2.05, 4.69) is 72.1 Å². The molecule has 1 heterocycles. The van der Waals surface area contributed by atoms with Crippen molar-refractivity contribution in [3.05, 3.63) is 62.0 Å². The topological polar surface area (TPSA) is 9.23 Å². The van der Waals surface area contributed by atoms with Gasteiger partial charge in [-0.15, -0.1) is 0 Å². The molecule has 1 aliphatic rings. The fourth-order valence-electron chi connectivity index (χ4n) is 2.33. The van der Waals surface area contributed by atoms with Crippen molar-refractivity contribution >= 4 is 47.8 Å². The van der Waals surface area contributed by atoms with Gasteiger partial charge >= 0.3 is 0 Å². The van der Waals surface area contributed by atoms with Gasteiger partial charge in [-0.2, -0.15) is 0 Å². The van der Waals surface area contributed by atoms with E-state index in [4.69, 9.17) is 4.74 Å². The van der Waals surface area contributed by atoms with Crippen molar-refractivity contribution in [3.8, 4) is 5.75 Å².